The molecule has 126 valence electrons. The SMILES string of the molecule is C[C@@]1(CO)CCC[C@@]2(C)[C@@H]3CC[C@@]4(C)[C@@H]([C@H]3CC[C@H]12)[C@@H]4CO. The first-order valence-corrected chi connectivity index (χ1v) is 9.62. The number of rotatable bonds is 2. The zero-order valence-corrected chi connectivity index (χ0v) is 14.6. The highest BCUT2D eigenvalue weighted by atomic mass is 16.3. The molecule has 22 heavy (non-hydrogen) atoms. The van der Waals surface area contributed by atoms with Gasteiger partial charge in [-0.05, 0) is 84.4 Å². The smallest absolute Gasteiger partial charge is 0.0487 e. The summed E-state index contributed by atoms with van der Waals surface area (Å²) in [7, 11) is 0. The maximum Gasteiger partial charge on any atom is 0.0487 e. The van der Waals surface area contributed by atoms with Crippen LogP contribution < -0.4 is 0 Å². The Hall–Kier alpha value is -0.0800. The molecule has 4 aliphatic carbocycles. The molecule has 4 aliphatic rings. The molecule has 4 saturated carbocycles. The molecule has 0 aliphatic heterocycles. The Morgan fingerprint density at radius 1 is 0.909 bits per heavy atom. The van der Waals surface area contributed by atoms with E-state index in [2.05, 4.69) is 20.8 Å². The second kappa shape index (κ2) is 4.72. The summed E-state index contributed by atoms with van der Waals surface area (Å²) in [5.41, 5.74) is 1.04. The summed E-state index contributed by atoms with van der Waals surface area (Å²) in [6.07, 6.45) is 9.20. The molecular formula is C20H34O2. The lowest BCUT2D eigenvalue weighted by Crippen LogP contribution is -2.54. The first kappa shape index (κ1) is 15.4. The van der Waals surface area contributed by atoms with Gasteiger partial charge in [-0.15, -0.1) is 0 Å². The van der Waals surface area contributed by atoms with Crippen molar-refractivity contribution in [2.24, 2.45) is 45.8 Å². The third kappa shape index (κ3) is 1.75. The zero-order chi connectivity index (χ0) is 15.8. The van der Waals surface area contributed by atoms with Crippen LogP contribution in [0.2, 0.25) is 0 Å². The molecule has 0 spiro atoms. The highest BCUT2D eigenvalue weighted by molar-refractivity contribution is 5.18. The largest absolute Gasteiger partial charge is 0.396 e. The Morgan fingerprint density at radius 2 is 1.68 bits per heavy atom. The molecule has 2 N–H and O–H groups in total. The van der Waals surface area contributed by atoms with Crippen molar-refractivity contribution in [3.8, 4) is 0 Å². The van der Waals surface area contributed by atoms with Crippen molar-refractivity contribution in [3.05, 3.63) is 0 Å². The molecule has 2 heteroatoms. The maximum atomic E-state index is 10.0. The molecule has 0 aromatic carbocycles. The van der Waals surface area contributed by atoms with E-state index < -0.39 is 0 Å². The van der Waals surface area contributed by atoms with Crippen LogP contribution in [-0.4, -0.2) is 23.4 Å². The van der Waals surface area contributed by atoms with Gasteiger partial charge in [0.15, 0.2) is 0 Å². The molecule has 0 saturated heterocycles. The van der Waals surface area contributed by atoms with Gasteiger partial charge in [-0.3, -0.25) is 0 Å². The zero-order valence-electron chi connectivity index (χ0n) is 14.6. The van der Waals surface area contributed by atoms with E-state index in [0.29, 0.717) is 35.9 Å². The fourth-order valence-corrected chi connectivity index (χ4v) is 7.98. The van der Waals surface area contributed by atoms with E-state index in [1.54, 1.807) is 0 Å². The van der Waals surface area contributed by atoms with Crippen LogP contribution in [0.25, 0.3) is 0 Å². The quantitative estimate of drug-likeness (QED) is 0.813. The minimum Gasteiger partial charge on any atom is -0.396 e. The minimum atomic E-state index is 0.151. The fraction of sp³-hybridized carbons (Fsp3) is 1.00. The van der Waals surface area contributed by atoms with Gasteiger partial charge in [0.05, 0.1) is 0 Å². The van der Waals surface area contributed by atoms with Gasteiger partial charge in [0.2, 0.25) is 0 Å². The minimum absolute atomic E-state index is 0.151. The Balaban J connectivity index is 1.64. The maximum absolute atomic E-state index is 10.0. The summed E-state index contributed by atoms with van der Waals surface area (Å²) in [6.45, 7) is 8.10. The normalized spacial score (nSPS) is 60.1. The van der Waals surface area contributed by atoms with Crippen LogP contribution in [0.1, 0.15) is 65.7 Å². The van der Waals surface area contributed by atoms with Crippen molar-refractivity contribution in [2.45, 2.75) is 65.7 Å². The molecule has 0 radical (unpaired) electrons. The molecule has 0 bridgehead atoms. The van der Waals surface area contributed by atoms with Crippen LogP contribution in [0, 0.1) is 45.8 Å². The summed E-state index contributed by atoms with van der Waals surface area (Å²) in [5, 5.41) is 19.8. The molecule has 0 aromatic rings. The van der Waals surface area contributed by atoms with E-state index in [1.807, 2.05) is 0 Å². The Kier molecular flexibility index (Phi) is 3.32. The van der Waals surface area contributed by atoms with Crippen molar-refractivity contribution in [2.75, 3.05) is 13.2 Å². The van der Waals surface area contributed by atoms with Gasteiger partial charge in [-0.1, -0.05) is 27.2 Å². The lowest BCUT2D eigenvalue weighted by molar-refractivity contribution is -0.135. The first-order valence-electron chi connectivity index (χ1n) is 9.62. The number of aliphatic hydroxyl groups is 2. The topological polar surface area (TPSA) is 40.5 Å². The predicted octanol–water partition coefficient (Wildman–Crippen LogP) is 3.86. The van der Waals surface area contributed by atoms with Gasteiger partial charge in [0, 0.05) is 13.2 Å². The van der Waals surface area contributed by atoms with Crippen molar-refractivity contribution < 1.29 is 10.2 Å². The van der Waals surface area contributed by atoms with Crippen LogP contribution >= 0.6 is 0 Å². The highest BCUT2D eigenvalue weighted by Gasteiger charge is 2.69. The first-order chi connectivity index (χ1) is 10.4. The summed E-state index contributed by atoms with van der Waals surface area (Å²) in [6, 6.07) is 0. The average Bonchev–Trinajstić information content (AvgIpc) is 3.12. The highest BCUT2D eigenvalue weighted by Crippen LogP contribution is 2.75. The van der Waals surface area contributed by atoms with Gasteiger partial charge >= 0.3 is 0 Å². The number of hydrogen-bond donors (Lipinski definition) is 2. The lowest BCUT2D eigenvalue weighted by atomic mass is 9.44. The summed E-state index contributed by atoms with van der Waals surface area (Å²) in [5.74, 6) is 3.76. The molecule has 4 fully saturated rings. The van der Waals surface area contributed by atoms with Crippen molar-refractivity contribution >= 4 is 0 Å². The van der Waals surface area contributed by atoms with E-state index in [9.17, 15) is 10.2 Å². The standard InChI is InChI=1S/C20H34O2/c1-18(12-22)8-4-9-19(2)14-7-10-20(3)15(11-21)17(20)13(14)5-6-16(18)19/h13-17,21-22H,4-12H2,1-3H3/t13-,14+,15-,16+,17-,18-,19-,20+/m0/s1. The number of aliphatic hydroxyl groups excluding tert-OH is 2. The molecule has 0 unspecified atom stereocenters. The van der Waals surface area contributed by atoms with E-state index >= 15 is 0 Å². The predicted molar refractivity (Wildman–Crippen MR) is 88.3 cm³/mol. The van der Waals surface area contributed by atoms with Gasteiger partial charge in [-0.25, -0.2) is 0 Å². The number of hydrogen-bond acceptors (Lipinski definition) is 2. The number of fused-ring (bicyclic) bond motifs is 5. The van der Waals surface area contributed by atoms with Crippen molar-refractivity contribution in [1.29, 1.82) is 0 Å². The van der Waals surface area contributed by atoms with Gasteiger partial charge in [0.25, 0.3) is 0 Å². The van der Waals surface area contributed by atoms with E-state index in [0.717, 1.165) is 17.8 Å². The van der Waals surface area contributed by atoms with Crippen molar-refractivity contribution in [1.82, 2.24) is 0 Å². The summed E-state index contributed by atoms with van der Waals surface area (Å²) in [4.78, 5) is 0. The lowest BCUT2D eigenvalue weighted by Gasteiger charge is -2.61. The summed E-state index contributed by atoms with van der Waals surface area (Å²) >= 11 is 0. The summed E-state index contributed by atoms with van der Waals surface area (Å²) < 4.78 is 0. The van der Waals surface area contributed by atoms with Gasteiger partial charge in [0.1, 0.15) is 0 Å². The van der Waals surface area contributed by atoms with Crippen molar-refractivity contribution in [3.63, 3.8) is 0 Å². The molecule has 2 nitrogen and oxygen atoms in total. The monoisotopic (exact) mass is 306 g/mol. The Bertz CT molecular complexity index is 463. The molecule has 4 rings (SSSR count). The van der Waals surface area contributed by atoms with Crippen LogP contribution in [0.15, 0.2) is 0 Å². The average molecular weight is 306 g/mol. The van der Waals surface area contributed by atoms with Gasteiger partial charge in [-0.2, -0.15) is 0 Å². The van der Waals surface area contributed by atoms with E-state index in [-0.39, 0.29) is 5.41 Å². The van der Waals surface area contributed by atoms with Crippen LogP contribution in [0.3, 0.4) is 0 Å². The second-order valence-corrected chi connectivity index (χ2v) is 9.93. The third-order valence-electron chi connectivity index (χ3n) is 9.20. The van der Waals surface area contributed by atoms with E-state index in [4.69, 9.17) is 0 Å². The molecule has 0 amide bonds. The van der Waals surface area contributed by atoms with Crippen LogP contribution in [0.4, 0.5) is 0 Å². The van der Waals surface area contributed by atoms with Gasteiger partial charge < -0.3 is 10.2 Å². The molecule has 8 atom stereocenters. The molecular weight excluding hydrogens is 272 g/mol. The van der Waals surface area contributed by atoms with Crippen LogP contribution in [-0.2, 0) is 0 Å². The second-order valence-electron chi connectivity index (χ2n) is 9.93. The fourth-order valence-electron chi connectivity index (χ4n) is 7.98. The van der Waals surface area contributed by atoms with Crippen LogP contribution in [0.5, 0.6) is 0 Å². The Morgan fingerprint density at radius 3 is 2.36 bits per heavy atom. The third-order valence-corrected chi connectivity index (χ3v) is 9.20. The molecule has 0 heterocycles. The van der Waals surface area contributed by atoms with E-state index in [1.165, 1.54) is 44.9 Å². The molecule has 0 aromatic heterocycles. The Labute approximate surface area is 135 Å².